The zero-order chi connectivity index (χ0) is 27.6. The van der Waals surface area contributed by atoms with Crippen LogP contribution in [0.1, 0.15) is 53.9 Å². The minimum atomic E-state index is -2.01. The van der Waals surface area contributed by atoms with Crippen molar-refractivity contribution in [3.8, 4) is 0 Å². The van der Waals surface area contributed by atoms with Crippen LogP contribution in [0.15, 0.2) is 71.8 Å². The Morgan fingerprint density at radius 1 is 0.949 bits per heavy atom. The number of hydrogen-bond acceptors (Lipinski definition) is 1. The molecule has 0 amide bonds. The second-order valence-electron chi connectivity index (χ2n) is 12.3. The fraction of sp³-hybridized carbons (Fsp3) is 0.485. The predicted octanol–water partition coefficient (Wildman–Crippen LogP) is 12.1. The fourth-order valence-corrected chi connectivity index (χ4v) is 12.2. The number of rotatable bonds is 6. The number of para-hydroxylation sites is 4. The summed E-state index contributed by atoms with van der Waals surface area (Å²) >= 11 is -0.556. The maximum absolute atomic E-state index is 5.07. The van der Waals surface area contributed by atoms with Gasteiger partial charge in [0, 0.05) is 11.4 Å². The molecule has 0 radical (unpaired) electrons. The molecule has 4 unspecified atom stereocenters. The molecule has 0 N–H and O–H groups in total. The first kappa shape index (κ1) is 32.5. The second kappa shape index (κ2) is 13.8. The first-order valence-electron chi connectivity index (χ1n) is 14.2. The summed E-state index contributed by atoms with van der Waals surface area (Å²) in [6, 6.07) is 17.7. The Morgan fingerprint density at radius 2 is 1.49 bits per heavy atom. The van der Waals surface area contributed by atoms with Crippen LogP contribution in [0, 0.1) is 37.0 Å². The van der Waals surface area contributed by atoms with Crippen LogP contribution in [0.3, 0.4) is 0 Å². The Labute approximate surface area is 256 Å². The van der Waals surface area contributed by atoms with Gasteiger partial charge in [-0.2, -0.15) is 0 Å². The van der Waals surface area contributed by atoms with E-state index < -0.39 is 25.3 Å². The predicted molar refractivity (Wildman–Crippen MR) is 173 cm³/mol. The number of hydrogen-bond donors (Lipinski definition) is 0. The van der Waals surface area contributed by atoms with E-state index in [4.69, 9.17) is 23.9 Å². The van der Waals surface area contributed by atoms with Crippen LogP contribution in [0.4, 0.5) is 22.7 Å². The van der Waals surface area contributed by atoms with E-state index in [1.54, 1.807) is 11.1 Å². The van der Waals surface area contributed by atoms with Gasteiger partial charge >= 0.3 is 35.6 Å². The van der Waals surface area contributed by atoms with Crippen LogP contribution < -0.4 is 4.57 Å². The number of fused-ring (bicyclic) bond motifs is 3. The SMILES string of the molecule is CCCC1CC2C(C(C)C)=CC(C(C)C)=CC2C1[Si](C)(C)N1c2ccccc2[N-]c2ccccc21.[CH3-].[Cl][Ti][Cl]. The average Bonchev–Trinajstić information content (AvgIpc) is 3.25. The molecule has 212 valence electrons. The van der Waals surface area contributed by atoms with Crippen molar-refractivity contribution >= 4 is 49.6 Å². The molecule has 0 saturated heterocycles. The monoisotopic (exact) mass is 616 g/mol. The Kier molecular flexibility index (Phi) is 11.5. The average molecular weight is 618 g/mol. The van der Waals surface area contributed by atoms with Crippen molar-refractivity contribution in [3.05, 3.63) is 84.6 Å². The van der Waals surface area contributed by atoms with Gasteiger partial charge in [0.25, 0.3) is 0 Å². The quantitative estimate of drug-likeness (QED) is 0.233. The summed E-state index contributed by atoms with van der Waals surface area (Å²) in [6.45, 7) is 17.2. The topological polar surface area (TPSA) is 17.3 Å². The Hall–Kier alpha value is -0.969. The van der Waals surface area contributed by atoms with E-state index in [0.29, 0.717) is 29.2 Å². The normalized spacial score (nSPS) is 23.3. The Balaban J connectivity index is 0.00000101. The second-order valence-corrected chi connectivity index (χ2v) is 19.3. The van der Waals surface area contributed by atoms with Gasteiger partial charge in [-0.15, -0.1) is 11.4 Å². The molecule has 3 aliphatic rings. The summed E-state index contributed by atoms with van der Waals surface area (Å²) in [5.74, 6) is 3.32. The van der Waals surface area contributed by atoms with Crippen molar-refractivity contribution in [2.45, 2.75) is 72.5 Å². The van der Waals surface area contributed by atoms with Crippen molar-refractivity contribution in [2.75, 3.05) is 4.57 Å². The standard InChI is InChI=1S/C32H43N2Si.CH3.2ClH.Ti/c1-8-13-23-18-26-25(22(4)5)19-24(21(2)3)20-27(26)32(23)35(6,7)34-30-16-11-9-14-28(30)33-29-15-10-12-17-31(29)34;;;;/h9-12,14-17,19-23,26-27,32H,8,13,18H2,1-7H3;1H3;2*1H;/q2*-1;;;+2/p-2. The molecule has 4 atom stereocenters. The summed E-state index contributed by atoms with van der Waals surface area (Å²) in [7, 11) is 7.77. The van der Waals surface area contributed by atoms with Crippen LogP contribution >= 0.6 is 18.6 Å². The molecule has 1 saturated carbocycles. The van der Waals surface area contributed by atoms with Gasteiger partial charge in [0.2, 0.25) is 0 Å². The molecule has 39 heavy (non-hydrogen) atoms. The van der Waals surface area contributed by atoms with Gasteiger partial charge in [0.15, 0.2) is 8.24 Å². The molecule has 2 aromatic rings. The van der Waals surface area contributed by atoms with Crippen molar-refractivity contribution in [1.82, 2.24) is 0 Å². The van der Waals surface area contributed by atoms with E-state index in [0.717, 1.165) is 17.3 Å². The molecule has 0 aromatic heterocycles. The number of halogens is 2. The first-order chi connectivity index (χ1) is 18.1. The minimum absolute atomic E-state index is 0. The zero-order valence-corrected chi connectivity index (χ0v) is 29.1. The molecule has 1 heterocycles. The maximum atomic E-state index is 5.07. The molecule has 5 rings (SSSR count). The van der Waals surface area contributed by atoms with Crippen molar-refractivity contribution in [3.63, 3.8) is 0 Å². The summed E-state index contributed by atoms with van der Waals surface area (Å²) in [5, 5.41) is 5.07. The van der Waals surface area contributed by atoms with E-state index in [1.807, 2.05) is 0 Å². The zero-order valence-electron chi connectivity index (χ0n) is 25.0. The van der Waals surface area contributed by atoms with Crippen LogP contribution in [-0.4, -0.2) is 8.24 Å². The van der Waals surface area contributed by atoms with E-state index in [2.05, 4.69) is 113 Å². The number of nitrogens with zero attached hydrogens (tertiary/aromatic N) is 2. The molecule has 1 aliphatic heterocycles. The Bertz CT molecular complexity index is 1130. The first-order valence-corrected chi connectivity index (χ1v) is 21.6. The third-order valence-corrected chi connectivity index (χ3v) is 13.1. The summed E-state index contributed by atoms with van der Waals surface area (Å²) in [4.78, 5) is 0. The molecule has 2 aromatic carbocycles. The van der Waals surface area contributed by atoms with E-state index in [1.165, 1.54) is 30.6 Å². The number of benzene rings is 2. The molecular weight excluding hydrogens is 571 g/mol. The van der Waals surface area contributed by atoms with Crippen molar-refractivity contribution in [2.24, 2.45) is 29.6 Å². The molecule has 1 fully saturated rings. The van der Waals surface area contributed by atoms with E-state index in [-0.39, 0.29) is 7.43 Å². The molecule has 2 aliphatic carbocycles. The molecular formula is C33H46Cl2N2SiTi-2. The third-order valence-electron chi connectivity index (χ3n) is 8.96. The van der Waals surface area contributed by atoms with Gasteiger partial charge in [-0.1, -0.05) is 115 Å². The van der Waals surface area contributed by atoms with Gasteiger partial charge in [-0.25, -0.2) is 0 Å². The van der Waals surface area contributed by atoms with Crippen LogP contribution in [-0.2, 0) is 17.0 Å². The van der Waals surface area contributed by atoms with Gasteiger partial charge in [0.05, 0.1) is 0 Å². The van der Waals surface area contributed by atoms with Crippen molar-refractivity contribution in [1.29, 1.82) is 0 Å². The van der Waals surface area contributed by atoms with Gasteiger partial charge in [0.1, 0.15) is 0 Å². The number of anilines is 2. The summed E-state index contributed by atoms with van der Waals surface area (Å²) in [6.07, 6.45) is 9.27. The van der Waals surface area contributed by atoms with E-state index >= 15 is 0 Å². The van der Waals surface area contributed by atoms with Gasteiger partial charge in [-0.05, 0) is 59.3 Å². The molecule has 0 spiro atoms. The van der Waals surface area contributed by atoms with Crippen LogP contribution in [0.5, 0.6) is 0 Å². The summed E-state index contributed by atoms with van der Waals surface area (Å²) in [5.41, 5.74) is 8.86. The van der Waals surface area contributed by atoms with E-state index in [9.17, 15) is 0 Å². The molecule has 6 heteroatoms. The van der Waals surface area contributed by atoms with Crippen LogP contribution in [0.2, 0.25) is 18.6 Å². The third kappa shape index (κ3) is 6.44. The number of allylic oxidation sites excluding steroid dienone is 4. The van der Waals surface area contributed by atoms with Crippen molar-refractivity contribution < 1.29 is 17.0 Å². The molecule has 2 nitrogen and oxygen atoms in total. The van der Waals surface area contributed by atoms with Crippen LogP contribution in [0.25, 0.3) is 5.32 Å². The van der Waals surface area contributed by atoms with Gasteiger partial charge in [-0.3, -0.25) is 0 Å². The summed E-state index contributed by atoms with van der Waals surface area (Å²) < 4.78 is 2.79. The molecule has 0 bridgehead atoms. The van der Waals surface area contributed by atoms with Gasteiger partial charge < -0.3 is 17.3 Å². The fourth-order valence-electron chi connectivity index (χ4n) is 7.54. The Morgan fingerprint density at radius 3 is 1.97 bits per heavy atom.